The molecular formula is C21H30O3. The molecular weight excluding hydrogens is 300 g/mol. The highest BCUT2D eigenvalue weighted by Gasteiger charge is 2.13. The highest BCUT2D eigenvalue weighted by molar-refractivity contribution is 5.95. The van der Waals surface area contributed by atoms with Crippen LogP contribution in [-0.4, -0.2) is 18.3 Å². The topological polar surface area (TPSA) is 38.7 Å². The number of rotatable bonds is 11. The summed E-state index contributed by atoms with van der Waals surface area (Å²) in [7, 11) is 0. The van der Waals surface area contributed by atoms with Gasteiger partial charge in [-0.15, -0.1) is 0 Å². The molecule has 0 aliphatic heterocycles. The minimum Gasteiger partial charge on any atom is -0.504 e. The Morgan fingerprint density at radius 3 is 2.04 bits per heavy atom. The zero-order valence-electron chi connectivity index (χ0n) is 15.0. The summed E-state index contributed by atoms with van der Waals surface area (Å²) in [5.74, 6) is 1.53. The molecule has 0 radical (unpaired) electrons. The molecule has 3 heteroatoms. The van der Waals surface area contributed by atoms with Gasteiger partial charge in [-0.1, -0.05) is 70.2 Å². The zero-order valence-corrected chi connectivity index (χ0v) is 15.0. The van der Waals surface area contributed by atoms with Crippen LogP contribution in [0.15, 0.2) is 30.3 Å². The average molecular weight is 330 g/mol. The van der Waals surface area contributed by atoms with Crippen LogP contribution in [-0.2, 0) is 0 Å². The van der Waals surface area contributed by atoms with Gasteiger partial charge in [0.15, 0.2) is 11.5 Å². The monoisotopic (exact) mass is 330 g/mol. The predicted octanol–water partition coefficient (Wildman–Crippen LogP) is 6.07. The van der Waals surface area contributed by atoms with Crippen molar-refractivity contribution in [2.75, 3.05) is 13.2 Å². The van der Waals surface area contributed by atoms with Crippen molar-refractivity contribution in [1.29, 1.82) is 0 Å². The number of phenols is 1. The summed E-state index contributed by atoms with van der Waals surface area (Å²) >= 11 is 0. The Labute approximate surface area is 145 Å². The molecule has 2 aromatic carbocycles. The van der Waals surface area contributed by atoms with Gasteiger partial charge < -0.3 is 14.6 Å². The molecule has 0 atom stereocenters. The van der Waals surface area contributed by atoms with Crippen molar-refractivity contribution in [1.82, 2.24) is 0 Å². The molecule has 0 saturated carbocycles. The van der Waals surface area contributed by atoms with E-state index in [0.717, 1.165) is 42.2 Å². The molecule has 24 heavy (non-hydrogen) atoms. The average Bonchev–Trinajstić information content (AvgIpc) is 2.61. The Kier molecular flexibility index (Phi) is 7.73. The molecule has 0 amide bonds. The van der Waals surface area contributed by atoms with E-state index in [0.29, 0.717) is 19.0 Å². The summed E-state index contributed by atoms with van der Waals surface area (Å²) in [5, 5.41) is 12.2. The lowest BCUT2D eigenvalue weighted by Gasteiger charge is -2.15. The summed E-state index contributed by atoms with van der Waals surface area (Å²) in [6.07, 6.45) is 7.98. The maximum atomic E-state index is 10.5. The molecule has 1 N–H and O–H groups in total. The van der Waals surface area contributed by atoms with Crippen LogP contribution in [0.25, 0.3) is 10.8 Å². The zero-order chi connectivity index (χ0) is 17.2. The molecule has 0 heterocycles. The van der Waals surface area contributed by atoms with Gasteiger partial charge in [0.2, 0.25) is 0 Å². The fraction of sp³-hybridized carbons (Fsp3) is 0.524. The second-order valence-electron chi connectivity index (χ2n) is 6.23. The third kappa shape index (κ3) is 5.05. The van der Waals surface area contributed by atoms with Crippen LogP contribution in [0, 0.1) is 0 Å². The third-order valence-electron chi connectivity index (χ3n) is 4.20. The van der Waals surface area contributed by atoms with Crippen molar-refractivity contribution in [2.24, 2.45) is 0 Å². The minimum atomic E-state index is 0.209. The second kappa shape index (κ2) is 10.1. The summed E-state index contributed by atoms with van der Waals surface area (Å²) in [6.45, 7) is 5.69. The van der Waals surface area contributed by atoms with Gasteiger partial charge in [0, 0.05) is 16.8 Å². The Morgan fingerprint density at radius 2 is 1.33 bits per heavy atom. The quantitative estimate of drug-likeness (QED) is 0.508. The van der Waals surface area contributed by atoms with E-state index in [1.54, 1.807) is 0 Å². The van der Waals surface area contributed by atoms with Crippen LogP contribution >= 0.6 is 0 Å². The number of aromatic hydroxyl groups is 1. The van der Waals surface area contributed by atoms with E-state index >= 15 is 0 Å². The Morgan fingerprint density at radius 1 is 0.750 bits per heavy atom. The summed E-state index contributed by atoms with van der Waals surface area (Å²) < 4.78 is 11.8. The van der Waals surface area contributed by atoms with E-state index < -0.39 is 0 Å². The maximum Gasteiger partial charge on any atom is 0.165 e. The lowest BCUT2D eigenvalue weighted by Crippen LogP contribution is -2.01. The molecule has 0 bridgehead atoms. The van der Waals surface area contributed by atoms with Crippen LogP contribution in [0.5, 0.6) is 17.2 Å². The molecule has 0 saturated heterocycles. The highest BCUT2D eigenvalue weighted by atomic mass is 16.5. The van der Waals surface area contributed by atoms with Crippen LogP contribution in [0.2, 0.25) is 0 Å². The van der Waals surface area contributed by atoms with Gasteiger partial charge >= 0.3 is 0 Å². The van der Waals surface area contributed by atoms with Crippen LogP contribution < -0.4 is 9.47 Å². The Balaban J connectivity index is 2.13. The Hall–Kier alpha value is -1.90. The number of hydrogen-bond acceptors (Lipinski definition) is 3. The van der Waals surface area contributed by atoms with Crippen molar-refractivity contribution >= 4 is 10.8 Å². The van der Waals surface area contributed by atoms with Gasteiger partial charge in [-0.05, 0) is 12.8 Å². The second-order valence-corrected chi connectivity index (χ2v) is 6.23. The van der Waals surface area contributed by atoms with Gasteiger partial charge in [0.1, 0.15) is 5.75 Å². The smallest absolute Gasteiger partial charge is 0.165 e. The standard InChI is InChI=1S/C21H30O3/c1-3-5-7-11-15-23-19-16-20(24-14-10-6-4-2)21(22)18-13-9-8-12-17(18)19/h8-9,12-13,16,22H,3-7,10-11,14-15H2,1-2H3. The van der Waals surface area contributed by atoms with Crippen LogP contribution in [0.1, 0.15) is 58.8 Å². The number of unbranched alkanes of at least 4 members (excludes halogenated alkanes) is 5. The predicted molar refractivity (Wildman–Crippen MR) is 100 cm³/mol. The van der Waals surface area contributed by atoms with Crippen LogP contribution in [0.4, 0.5) is 0 Å². The first-order valence-electron chi connectivity index (χ1n) is 9.28. The largest absolute Gasteiger partial charge is 0.504 e. The van der Waals surface area contributed by atoms with E-state index in [-0.39, 0.29) is 5.75 Å². The van der Waals surface area contributed by atoms with Crippen molar-refractivity contribution in [2.45, 2.75) is 58.8 Å². The van der Waals surface area contributed by atoms with Crippen LogP contribution in [0.3, 0.4) is 0 Å². The van der Waals surface area contributed by atoms with Gasteiger partial charge in [-0.3, -0.25) is 0 Å². The van der Waals surface area contributed by atoms with Gasteiger partial charge in [0.25, 0.3) is 0 Å². The SMILES string of the molecule is CCCCCCOc1cc(OCCCCC)c(O)c2ccccc12. The first-order chi connectivity index (χ1) is 11.8. The van der Waals surface area contributed by atoms with E-state index in [1.807, 2.05) is 30.3 Å². The molecule has 0 aliphatic rings. The number of phenolic OH excluding ortho intramolecular Hbond substituents is 1. The lowest BCUT2D eigenvalue weighted by molar-refractivity contribution is 0.283. The van der Waals surface area contributed by atoms with Gasteiger partial charge in [-0.25, -0.2) is 0 Å². The van der Waals surface area contributed by atoms with Crippen molar-refractivity contribution < 1.29 is 14.6 Å². The van der Waals surface area contributed by atoms with Crippen molar-refractivity contribution in [3.8, 4) is 17.2 Å². The minimum absolute atomic E-state index is 0.209. The number of hydrogen-bond donors (Lipinski definition) is 1. The lowest BCUT2D eigenvalue weighted by atomic mass is 10.1. The van der Waals surface area contributed by atoms with E-state index in [2.05, 4.69) is 13.8 Å². The summed E-state index contributed by atoms with van der Waals surface area (Å²) in [4.78, 5) is 0. The normalized spacial score (nSPS) is 10.9. The Bertz CT molecular complexity index is 622. The molecule has 0 spiro atoms. The molecule has 0 aliphatic carbocycles. The highest BCUT2D eigenvalue weighted by Crippen LogP contribution is 2.40. The first kappa shape index (κ1) is 18.4. The maximum absolute atomic E-state index is 10.5. The molecule has 3 nitrogen and oxygen atoms in total. The first-order valence-corrected chi connectivity index (χ1v) is 9.28. The number of fused-ring (bicyclic) bond motifs is 1. The summed E-state index contributed by atoms with van der Waals surface area (Å²) in [5.41, 5.74) is 0. The fourth-order valence-electron chi connectivity index (χ4n) is 2.78. The number of benzene rings is 2. The van der Waals surface area contributed by atoms with Gasteiger partial charge in [-0.2, -0.15) is 0 Å². The number of ether oxygens (including phenoxy) is 2. The molecule has 2 aromatic rings. The molecule has 2 rings (SSSR count). The molecule has 0 fully saturated rings. The van der Waals surface area contributed by atoms with Crippen molar-refractivity contribution in [3.05, 3.63) is 30.3 Å². The van der Waals surface area contributed by atoms with E-state index in [4.69, 9.17) is 9.47 Å². The molecule has 132 valence electrons. The molecule has 0 unspecified atom stereocenters. The van der Waals surface area contributed by atoms with E-state index in [9.17, 15) is 5.11 Å². The summed E-state index contributed by atoms with van der Waals surface area (Å²) in [6, 6.07) is 9.62. The molecule has 0 aromatic heterocycles. The third-order valence-corrected chi connectivity index (χ3v) is 4.20. The van der Waals surface area contributed by atoms with Crippen molar-refractivity contribution in [3.63, 3.8) is 0 Å². The van der Waals surface area contributed by atoms with Gasteiger partial charge in [0.05, 0.1) is 13.2 Å². The fourth-order valence-corrected chi connectivity index (χ4v) is 2.78. The van der Waals surface area contributed by atoms with E-state index in [1.165, 1.54) is 19.3 Å².